The van der Waals surface area contributed by atoms with E-state index in [0.717, 1.165) is 0 Å². The van der Waals surface area contributed by atoms with E-state index in [4.69, 9.17) is 11.6 Å². The van der Waals surface area contributed by atoms with Gasteiger partial charge in [0.05, 0.1) is 0 Å². The third-order valence-electron chi connectivity index (χ3n) is 0.926. The lowest BCUT2D eigenvalue weighted by Gasteiger charge is -1.86. The summed E-state index contributed by atoms with van der Waals surface area (Å²) in [5.41, 5.74) is 0. The Hall–Kier alpha value is -1.01. The highest BCUT2D eigenvalue weighted by atomic mass is 35.5. The van der Waals surface area contributed by atoms with E-state index in [1.54, 1.807) is 17.9 Å². The summed E-state index contributed by atoms with van der Waals surface area (Å²) >= 11 is 5.45. The Morgan fingerprint density at radius 1 is 1.80 bits per heavy atom. The second-order valence-electron chi connectivity index (χ2n) is 1.64. The molecule has 1 aromatic rings. The molecule has 0 fully saturated rings. The fraction of sp³-hybridized carbons (Fsp3) is 0.333. The van der Waals surface area contributed by atoms with Crippen LogP contribution in [0.15, 0.2) is 6.33 Å². The van der Waals surface area contributed by atoms with E-state index in [2.05, 4.69) is 21.9 Å². The van der Waals surface area contributed by atoms with E-state index in [1.807, 2.05) is 0 Å². The Labute approximate surface area is 64.0 Å². The molecule has 3 nitrogen and oxygen atoms in total. The molecule has 1 rings (SSSR count). The quantitative estimate of drug-likeness (QED) is 0.566. The van der Waals surface area contributed by atoms with Crippen molar-refractivity contribution in [3.8, 4) is 11.8 Å². The molecular formula is C6H6ClN3. The average molecular weight is 156 g/mol. The summed E-state index contributed by atoms with van der Waals surface area (Å²) in [5, 5.41) is 4.08. The van der Waals surface area contributed by atoms with Crippen LogP contribution in [0.1, 0.15) is 6.92 Å². The summed E-state index contributed by atoms with van der Waals surface area (Å²) in [6, 6.07) is 0. The Kier molecular flexibility index (Phi) is 2.30. The molecule has 0 N–H and O–H groups in total. The third-order valence-corrected chi connectivity index (χ3v) is 1.10. The van der Waals surface area contributed by atoms with Crippen molar-refractivity contribution in [1.29, 1.82) is 0 Å². The fourth-order valence-corrected chi connectivity index (χ4v) is 0.649. The molecule has 0 radical (unpaired) electrons. The minimum absolute atomic E-state index is 0.262. The van der Waals surface area contributed by atoms with Crippen LogP contribution in [0.5, 0.6) is 0 Å². The summed E-state index contributed by atoms with van der Waals surface area (Å²) in [6.45, 7) is 2.33. The Balaban J connectivity index is 2.64. The number of hydrogen-bond donors (Lipinski definition) is 0. The summed E-state index contributed by atoms with van der Waals surface area (Å²) < 4.78 is 1.58. The van der Waals surface area contributed by atoms with Gasteiger partial charge in [0.25, 0.3) is 0 Å². The molecule has 0 unspecified atom stereocenters. The first kappa shape index (κ1) is 7.10. The predicted octanol–water partition coefficient (Wildman–Crippen LogP) is 0.955. The molecule has 0 atom stereocenters. The monoisotopic (exact) mass is 155 g/mol. The molecule has 0 aliphatic carbocycles. The first-order chi connectivity index (χ1) is 4.83. The standard InChI is InChI=1S/C6H6ClN3/c1-2-3-4-10-5-8-6(7)9-10/h5H,4H2,1H3. The zero-order chi connectivity index (χ0) is 7.40. The maximum absolute atomic E-state index is 5.45. The topological polar surface area (TPSA) is 30.7 Å². The molecule has 10 heavy (non-hydrogen) atoms. The first-order valence-corrected chi connectivity index (χ1v) is 3.15. The molecule has 0 bridgehead atoms. The molecule has 0 aliphatic rings. The van der Waals surface area contributed by atoms with Crippen LogP contribution >= 0.6 is 11.6 Å². The van der Waals surface area contributed by atoms with Crippen molar-refractivity contribution >= 4 is 11.6 Å². The second-order valence-corrected chi connectivity index (χ2v) is 1.98. The molecule has 1 aromatic heterocycles. The highest BCUT2D eigenvalue weighted by Gasteiger charge is 1.91. The maximum Gasteiger partial charge on any atom is 0.242 e. The normalized spacial score (nSPS) is 8.60. The highest BCUT2D eigenvalue weighted by Crippen LogP contribution is 1.95. The Bertz CT molecular complexity index is 268. The Morgan fingerprint density at radius 3 is 3.10 bits per heavy atom. The smallest absolute Gasteiger partial charge is 0.239 e. The predicted molar refractivity (Wildman–Crippen MR) is 38.5 cm³/mol. The lowest BCUT2D eigenvalue weighted by Crippen LogP contribution is -1.94. The van der Waals surface area contributed by atoms with Gasteiger partial charge >= 0.3 is 0 Å². The number of aromatic nitrogens is 3. The molecule has 0 aliphatic heterocycles. The summed E-state index contributed by atoms with van der Waals surface area (Å²) in [5.74, 6) is 5.57. The van der Waals surface area contributed by atoms with Gasteiger partial charge in [0.1, 0.15) is 12.9 Å². The molecule has 52 valence electrons. The molecule has 4 heteroatoms. The van der Waals surface area contributed by atoms with Crippen LogP contribution in [-0.2, 0) is 6.54 Å². The van der Waals surface area contributed by atoms with Crippen molar-refractivity contribution in [2.75, 3.05) is 0 Å². The molecule has 0 spiro atoms. The SMILES string of the molecule is CC#CCn1cnc(Cl)n1. The van der Waals surface area contributed by atoms with Gasteiger partial charge < -0.3 is 0 Å². The van der Waals surface area contributed by atoms with Gasteiger partial charge in [-0.2, -0.15) is 0 Å². The minimum Gasteiger partial charge on any atom is -0.239 e. The maximum atomic E-state index is 5.45. The van der Waals surface area contributed by atoms with Crippen molar-refractivity contribution in [2.45, 2.75) is 13.5 Å². The summed E-state index contributed by atoms with van der Waals surface area (Å²) in [4.78, 5) is 3.72. The minimum atomic E-state index is 0.262. The zero-order valence-corrected chi connectivity index (χ0v) is 6.26. The van der Waals surface area contributed by atoms with E-state index in [1.165, 1.54) is 0 Å². The zero-order valence-electron chi connectivity index (χ0n) is 5.50. The van der Waals surface area contributed by atoms with Crippen molar-refractivity contribution < 1.29 is 0 Å². The number of halogens is 1. The first-order valence-electron chi connectivity index (χ1n) is 2.77. The summed E-state index contributed by atoms with van der Waals surface area (Å²) in [6.07, 6.45) is 1.55. The van der Waals surface area contributed by atoms with Crippen LogP contribution in [0.25, 0.3) is 0 Å². The van der Waals surface area contributed by atoms with Gasteiger partial charge in [-0.3, -0.25) is 0 Å². The lowest BCUT2D eigenvalue weighted by atomic mass is 10.6. The molecule has 0 saturated heterocycles. The van der Waals surface area contributed by atoms with Gasteiger partial charge in [-0.15, -0.1) is 11.0 Å². The fourth-order valence-electron chi connectivity index (χ4n) is 0.508. The molecule has 0 saturated carbocycles. The Morgan fingerprint density at radius 2 is 2.60 bits per heavy atom. The van der Waals surface area contributed by atoms with Crippen molar-refractivity contribution in [3.05, 3.63) is 11.6 Å². The molecule has 0 amide bonds. The lowest BCUT2D eigenvalue weighted by molar-refractivity contribution is 0.713. The van der Waals surface area contributed by atoms with Gasteiger partial charge in [-0.25, -0.2) is 9.67 Å². The van der Waals surface area contributed by atoms with E-state index in [-0.39, 0.29) is 5.28 Å². The van der Waals surface area contributed by atoms with Gasteiger partial charge in [-0.05, 0) is 18.5 Å². The van der Waals surface area contributed by atoms with E-state index in [9.17, 15) is 0 Å². The number of rotatable bonds is 1. The van der Waals surface area contributed by atoms with Crippen LogP contribution in [0, 0.1) is 11.8 Å². The van der Waals surface area contributed by atoms with Gasteiger partial charge in [-0.1, -0.05) is 5.92 Å². The van der Waals surface area contributed by atoms with Crippen LogP contribution in [0.4, 0.5) is 0 Å². The van der Waals surface area contributed by atoms with Gasteiger partial charge in [0.2, 0.25) is 5.28 Å². The van der Waals surface area contributed by atoms with Gasteiger partial charge in [0, 0.05) is 0 Å². The highest BCUT2D eigenvalue weighted by molar-refractivity contribution is 6.28. The number of hydrogen-bond acceptors (Lipinski definition) is 2. The van der Waals surface area contributed by atoms with E-state index >= 15 is 0 Å². The van der Waals surface area contributed by atoms with Crippen LogP contribution in [0.3, 0.4) is 0 Å². The van der Waals surface area contributed by atoms with Crippen molar-refractivity contribution in [2.24, 2.45) is 0 Å². The van der Waals surface area contributed by atoms with Crippen LogP contribution in [0.2, 0.25) is 5.28 Å². The van der Waals surface area contributed by atoms with E-state index < -0.39 is 0 Å². The van der Waals surface area contributed by atoms with Crippen LogP contribution < -0.4 is 0 Å². The van der Waals surface area contributed by atoms with Gasteiger partial charge in [0.15, 0.2) is 0 Å². The van der Waals surface area contributed by atoms with Crippen molar-refractivity contribution in [3.63, 3.8) is 0 Å². The summed E-state index contributed by atoms with van der Waals surface area (Å²) in [7, 11) is 0. The average Bonchev–Trinajstić information content (AvgIpc) is 2.31. The molecule has 0 aromatic carbocycles. The van der Waals surface area contributed by atoms with Crippen LogP contribution in [-0.4, -0.2) is 14.8 Å². The number of nitrogens with zero attached hydrogens (tertiary/aromatic N) is 3. The third kappa shape index (κ3) is 1.74. The second kappa shape index (κ2) is 3.23. The molecule has 1 heterocycles. The van der Waals surface area contributed by atoms with Crippen molar-refractivity contribution in [1.82, 2.24) is 14.8 Å². The largest absolute Gasteiger partial charge is 0.242 e. The molecular weight excluding hydrogens is 150 g/mol. The van der Waals surface area contributed by atoms with E-state index in [0.29, 0.717) is 6.54 Å².